The Hall–Kier alpha value is -2.88. The maximum atomic E-state index is 13.0. The molecule has 0 unspecified atom stereocenters. The van der Waals surface area contributed by atoms with Gasteiger partial charge >= 0.3 is 0 Å². The SMILES string of the molecule is CC(=O)N[C@@H](CO)C(=O)N(C)[C@@H]1c2ccccc2C[C@H]1NC(=O)c1cc2cc(Cl)sc2[nH]1. The van der Waals surface area contributed by atoms with Crippen molar-refractivity contribution in [1.29, 1.82) is 0 Å². The monoisotopic (exact) mass is 474 g/mol. The largest absolute Gasteiger partial charge is 0.394 e. The van der Waals surface area contributed by atoms with Crippen LogP contribution in [0.25, 0.3) is 10.2 Å². The number of rotatable bonds is 6. The van der Waals surface area contributed by atoms with Gasteiger partial charge < -0.3 is 25.6 Å². The highest BCUT2D eigenvalue weighted by Gasteiger charge is 2.39. The predicted octanol–water partition coefficient (Wildman–Crippen LogP) is 2.23. The molecule has 0 radical (unpaired) electrons. The summed E-state index contributed by atoms with van der Waals surface area (Å²) >= 11 is 7.38. The van der Waals surface area contributed by atoms with E-state index < -0.39 is 30.5 Å². The molecule has 1 aliphatic rings. The summed E-state index contributed by atoms with van der Waals surface area (Å²) in [6, 6.07) is 9.36. The maximum absolute atomic E-state index is 13.0. The number of carbonyl (C=O) groups is 3. The minimum Gasteiger partial charge on any atom is -0.394 e. The van der Waals surface area contributed by atoms with Gasteiger partial charge in [-0.05, 0) is 29.7 Å². The Kier molecular flexibility index (Phi) is 6.23. The molecule has 0 spiro atoms. The summed E-state index contributed by atoms with van der Waals surface area (Å²) in [7, 11) is 1.62. The van der Waals surface area contributed by atoms with Gasteiger partial charge in [-0.15, -0.1) is 11.3 Å². The quantitative estimate of drug-likeness (QED) is 0.438. The first-order chi connectivity index (χ1) is 15.3. The Balaban J connectivity index is 1.59. The van der Waals surface area contributed by atoms with Gasteiger partial charge in [-0.2, -0.15) is 0 Å². The van der Waals surface area contributed by atoms with Crippen molar-refractivity contribution in [3.63, 3.8) is 0 Å². The second-order valence-corrected chi connectivity index (χ2v) is 9.51. The average molecular weight is 475 g/mol. The van der Waals surface area contributed by atoms with Gasteiger partial charge in [-0.3, -0.25) is 14.4 Å². The zero-order valence-corrected chi connectivity index (χ0v) is 19.1. The smallest absolute Gasteiger partial charge is 0.268 e. The van der Waals surface area contributed by atoms with E-state index in [1.807, 2.05) is 24.3 Å². The molecule has 2 aromatic heterocycles. The van der Waals surface area contributed by atoms with E-state index in [-0.39, 0.29) is 11.9 Å². The van der Waals surface area contributed by atoms with Gasteiger partial charge in [-0.1, -0.05) is 35.9 Å². The Labute approximate surface area is 193 Å². The fraction of sp³-hybridized carbons (Fsp3) is 0.318. The standard InChI is InChI=1S/C22H23ClN4O4S/c1-11(29)24-17(10-28)22(31)27(2)19-14-6-4-3-5-12(14)7-15(19)25-20(30)16-8-13-9-18(23)32-21(13)26-16/h3-6,8-9,15,17,19,26,28H,7,10H2,1-2H3,(H,24,29)(H,25,30)/t15-,17+,19-/m1/s1. The third-order valence-corrected chi connectivity index (χ3v) is 6.85. The molecule has 4 rings (SSSR count). The lowest BCUT2D eigenvalue weighted by Gasteiger charge is -2.33. The molecule has 8 nitrogen and oxygen atoms in total. The summed E-state index contributed by atoms with van der Waals surface area (Å²) in [6.45, 7) is 0.772. The van der Waals surface area contributed by atoms with Crippen molar-refractivity contribution in [2.75, 3.05) is 13.7 Å². The first-order valence-electron chi connectivity index (χ1n) is 10.1. The van der Waals surface area contributed by atoms with Crippen LogP contribution in [-0.4, -0.2) is 58.5 Å². The van der Waals surface area contributed by atoms with Crippen molar-refractivity contribution < 1.29 is 19.5 Å². The second-order valence-electron chi connectivity index (χ2n) is 7.83. The normalized spacial score (nSPS) is 18.2. The Morgan fingerprint density at radius 1 is 1.31 bits per heavy atom. The minimum absolute atomic E-state index is 0.284. The van der Waals surface area contributed by atoms with Gasteiger partial charge in [0, 0.05) is 19.4 Å². The molecule has 2 heterocycles. The van der Waals surface area contributed by atoms with Crippen LogP contribution in [0.1, 0.15) is 34.6 Å². The van der Waals surface area contributed by atoms with Crippen molar-refractivity contribution >= 4 is 50.9 Å². The summed E-state index contributed by atoms with van der Waals surface area (Å²) < 4.78 is 0.641. The fourth-order valence-corrected chi connectivity index (χ4v) is 5.38. The number of aromatic nitrogens is 1. The Morgan fingerprint density at radius 3 is 2.75 bits per heavy atom. The molecule has 0 saturated carbocycles. The van der Waals surface area contributed by atoms with E-state index in [0.717, 1.165) is 21.3 Å². The molecule has 3 atom stereocenters. The number of thiophene rings is 1. The van der Waals surface area contributed by atoms with Crippen molar-refractivity contribution in [1.82, 2.24) is 20.5 Å². The van der Waals surface area contributed by atoms with E-state index in [0.29, 0.717) is 16.5 Å². The molecule has 1 aromatic carbocycles. The van der Waals surface area contributed by atoms with E-state index in [2.05, 4.69) is 15.6 Å². The molecule has 3 amide bonds. The predicted molar refractivity (Wildman–Crippen MR) is 123 cm³/mol. The lowest BCUT2D eigenvalue weighted by atomic mass is 10.0. The van der Waals surface area contributed by atoms with Crippen LogP contribution in [0.3, 0.4) is 0 Å². The Morgan fingerprint density at radius 2 is 2.06 bits per heavy atom. The summed E-state index contributed by atoms with van der Waals surface area (Å²) in [5.74, 6) is -1.12. The number of likely N-dealkylation sites (N-methyl/N-ethyl adjacent to an activating group) is 1. The van der Waals surface area contributed by atoms with Crippen LogP contribution < -0.4 is 10.6 Å². The summed E-state index contributed by atoms with van der Waals surface area (Å²) in [4.78, 5) is 42.9. The molecule has 4 N–H and O–H groups in total. The topological polar surface area (TPSA) is 115 Å². The number of aliphatic hydroxyl groups excluding tert-OH is 1. The lowest BCUT2D eigenvalue weighted by molar-refractivity contribution is -0.138. The van der Waals surface area contributed by atoms with E-state index in [1.54, 1.807) is 19.2 Å². The van der Waals surface area contributed by atoms with Crippen LogP contribution in [0, 0.1) is 0 Å². The van der Waals surface area contributed by atoms with E-state index in [9.17, 15) is 19.5 Å². The average Bonchev–Trinajstić information content (AvgIpc) is 3.41. The van der Waals surface area contributed by atoms with Crippen LogP contribution in [0.2, 0.25) is 4.34 Å². The van der Waals surface area contributed by atoms with Gasteiger partial charge in [0.25, 0.3) is 5.91 Å². The van der Waals surface area contributed by atoms with Crippen molar-refractivity contribution in [3.8, 4) is 0 Å². The van der Waals surface area contributed by atoms with Crippen LogP contribution in [0.15, 0.2) is 36.4 Å². The highest BCUT2D eigenvalue weighted by Crippen LogP contribution is 2.36. The molecule has 0 bridgehead atoms. The molecule has 0 fully saturated rings. The third kappa shape index (κ3) is 4.23. The van der Waals surface area contributed by atoms with Gasteiger partial charge in [0.2, 0.25) is 11.8 Å². The zero-order chi connectivity index (χ0) is 23.0. The Bertz CT molecular complexity index is 1160. The maximum Gasteiger partial charge on any atom is 0.268 e. The number of aromatic amines is 1. The number of halogens is 1. The number of H-pyrrole nitrogens is 1. The molecular weight excluding hydrogens is 452 g/mol. The summed E-state index contributed by atoms with van der Waals surface area (Å²) in [6.07, 6.45) is 0.551. The number of benzene rings is 1. The first kappa shape index (κ1) is 22.3. The highest BCUT2D eigenvalue weighted by molar-refractivity contribution is 7.22. The number of nitrogens with one attached hydrogen (secondary N) is 3. The van der Waals surface area contributed by atoms with E-state index >= 15 is 0 Å². The molecule has 1 aliphatic carbocycles. The first-order valence-corrected chi connectivity index (χ1v) is 11.3. The van der Waals surface area contributed by atoms with Gasteiger partial charge in [0.05, 0.1) is 23.0 Å². The highest BCUT2D eigenvalue weighted by atomic mass is 35.5. The number of hydrogen-bond donors (Lipinski definition) is 4. The third-order valence-electron chi connectivity index (χ3n) is 5.66. The number of carbonyl (C=O) groups excluding carboxylic acids is 3. The van der Waals surface area contributed by atoms with Gasteiger partial charge in [-0.25, -0.2) is 0 Å². The molecule has 168 valence electrons. The minimum atomic E-state index is -1.05. The van der Waals surface area contributed by atoms with Crippen molar-refractivity contribution in [2.45, 2.75) is 31.5 Å². The van der Waals surface area contributed by atoms with Crippen LogP contribution in [0.5, 0.6) is 0 Å². The molecule has 32 heavy (non-hydrogen) atoms. The number of aliphatic hydroxyl groups is 1. The van der Waals surface area contributed by atoms with Crippen LogP contribution >= 0.6 is 22.9 Å². The van der Waals surface area contributed by atoms with Crippen molar-refractivity contribution in [2.24, 2.45) is 0 Å². The fourth-order valence-electron chi connectivity index (χ4n) is 4.26. The molecule has 0 aliphatic heterocycles. The van der Waals surface area contributed by atoms with Crippen LogP contribution in [-0.2, 0) is 16.0 Å². The van der Waals surface area contributed by atoms with Gasteiger partial charge in [0.15, 0.2) is 0 Å². The van der Waals surface area contributed by atoms with E-state index in [1.165, 1.54) is 23.2 Å². The van der Waals surface area contributed by atoms with Crippen LogP contribution in [0.4, 0.5) is 0 Å². The summed E-state index contributed by atoms with van der Waals surface area (Å²) in [5, 5.41) is 16.0. The summed E-state index contributed by atoms with van der Waals surface area (Å²) in [5.41, 5.74) is 2.37. The lowest BCUT2D eigenvalue weighted by Crippen LogP contribution is -2.52. The molecule has 10 heteroatoms. The number of fused-ring (bicyclic) bond motifs is 2. The number of hydrogen-bond acceptors (Lipinski definition) is 5. The zero-order valence-electron chi connectivity index (χ0n) is 17.5. The van der Waals surface area contributed by atoms with Gasteiger partial charge in [0.1, 0.15) is 16.6 Å². The number of nitrogens with zero attached hydrogens (tertiary/aromatic N) is 1. The molecule has 3 aromatic rings. The number of amides is 3. The second kappa shape index (κ2) is 8.93. The molecule has 0 saturated heterocycles. The molecular formula is C22H23ClN4O4S. The van der Waals surface area contributed by atoms with Crippen molar-refractivity contribution in [3.05, 3.63) is 57.6 Å². The van der Waals surface area contributed by atoms with E-state index in [4.69, 9.17) is 11.6 Å².